The molecule has 166 valence electrons. The van der Waals surface area contributed by atoms with Crippen LogP contribution in [0.1, 0.15) is 56.2 Å². The van der Waals surface area contributed by atoms with Crippen LogP contribution in [0.4, 0.5) is 14.9 Å². The predicted octanol–water partition coefficient (Wildman–Crippen LogP) is 4.78. The largest absolute Gasteiger partial charge is 0.375 e. The third-order valence-electron chi connectivity index (χ3n) is 6.61. The highest BCUT2D eigenvalue weighted by molar-refractivity contribution is 6.31. The molecule has 2 aliphatic heterocycles. The molecule has 0 bridgehead atoms. The molecule has 1 saturated carbocycles. The number of nitrogens with zero attached hydrogens (tertiary/aromatic N) is 3. The lowest BCUT2D eigenvalue weighted by atomic mass is 9.78. The first kappa shape index (κ1) is 20.7. The van der Waals surface area contributed by atoms with Gasteiger partial charge in [-0.2, -0.15) is 4.98 Å². The first-order valence-electron chi connectivity index (χ1n) is 11.0. The van der Waals surface area contributed by atoms with Crippen molar-refractivity contribution in [2.45, 2.75) is 56.5 Å². The Morgan fingerprint density at radius 3 is 2.84 bits per heavy atom. The minimum Gasteiger partial charge on any atom is -0.375 e. The molecule has 0 radical (unpaired) electrons. The summed E-state index contributed by atoms with van der Waals surface area (Å²) in [6.45, 7) is 1.95. The van der Waals surface area contributed by atoms with Gasteiger partial charge in [0.1, 0.15) is 5.82 Å². The monoisotopic (exact) mass is 448 g/mol. The number of urea groups is 1. The van der Waals surface area contributed by atoms with Gasteiger partial charge in [0, 0.05) is 37.7 Å². The molecule has 2 aromatic rings. The van der Waals surface area contributed by atoms with E-state index in [1.165, 1.54) is 18.2 Å². The number of carbonyl (C=O) groups is 1. The molecule has 1 atom stereocenters. The lowest BCUT2D eigenvalue weighted by molar-refractivity contribution is -0.122. The smallest absolute Gasteiger partial charge is 0.321 e. The first-order valence-corrected chi connectivity index (χ1v) is 11.3. The van der Waals surface area contributed by atoms with Crippen molar-refractivity contribution in [2.24, 2.45) is 5.92 Å². The van der Waals surface area contributed by atoms with E-state index in [9.17, 15) is 9.18 Å². The number of rotatable bonds is 4. The molecule has 1 N–H and O–H groups in total. The zero-order chi connectivity index (χ0) is 21.4. The molecule has 1 unspecified atom stereocenters. The number of ether oxygens (including phenoxy) is 1. The molecule has 31 heavy (non-hydrogen) atoms. The average Bonchev–Trinajstić information content (AvgIpc) is 3.51. The zero-order valence-electron chi connectivity index (χ0n) is 17.3. The maximum atomic E-state index is 13.3. The molecule has 3 aliphatic rings. The predicted molar refractivity (Wildman–Crippen MR) is 113 cm³/mol. The lowest BCUT2D eigenvalue weighted by Crippen LogP contribution is -2.51. The van der Waals surface area contributed by atoms with Crippen molar-refractivity contribution in [2.75, 3.05) is 25.0 Å². The topological polar surface area (TPSA) is 80.5 Å². The van der Waals surface area contributed by atoms with Gasteiger partial charge < -0.3 is 19.5 Å². The number of halogens is 2. The average molecular weight is 449 g/mol. The van der Waals surface area contributed by atoms with Crippen LogP contribution in [0.3, 0.4) is 0 Å². The maximum Gasteiger partial charge on any atom is 0.321 e. The fourth-order valence-electron chi connectivity index (χ4n) is 4.65. The summed E-state index contributed by atoms with van der Waals surface area (Å²) in [6, 6.07) is 3.97. The Labute approximate surface area is 185 Å². The van der Waals surface area contributed by atoms with Crippen molar-refractivity contribution in [3.63, 3.8) is 0 Å². The summed E-state index contributed by atoms with van der Waals surface area (Å²) in [5, 5.41) is 6.96. The van der Waals surface area contributed by atoms with E-state index in [1.54, 1.807) is 4.90 Å². The summed E-state index contributed by atoms with van der Waals surface area (Å²) < 4.78 is 24.9. The molecule has 2 saturated heterocycles. The standard InChI is InChI=1S/C22H26ClFN4O3/c23-17-12-16(3-4-18(17)24)25-21(29)28-8-6-22(7-9-28)13-14(5-10-30-22)11-19-26-20(31-27-19)15-1-2-15/h3-4,12,14-15H,1-2,5-11,13H2,(H,25,29). The Hall–Kier alpha value is -2.19. The van der Waals surface area contributed by atoms with Crippen LogP contribution in [-0.2, 0) is 11.2 Å². The van der Waals surface area contributed by atoms with Crippen LogP contribution in [0.2, 0.25) is 5.02 Å². The molecule has 3 heterocycles. The van der Waals surface area contributed by atoms with E-state index in [1.807, 2.05) is 0 Å². The van der Waals surface area contributed by atoms with Gasteiger partial charge in [-0.1, -0.05) is 16.8 Å². The van der Waals surface area contributed by atoms with Gasteiger partial charge in [-0.05, 0) is 62.6 Å². The summed E-state index contributed by atoms with van der Waals surface area (Å²) in [6.07, 6.45) is 6.65. The summed E-state index contributed by atoms with van der Waals surface area (Å²) in [5.74, 6) is 2.02. The number of benzene rings is 1. The van der Waals surface area contributed by atoms with Crippen LogP contribution in [0.5, 0.6) is 0 Å². The number of piperidine rings is 1. The summed E-state index contributed by atoms with van der Waals surface area (Å²) in [7, 11) is 0. The third-order valence-corrected chi connectivity index (χ3v) is 6.90. The minimum absolute atomic E-state index is 0.0112. The van der Waals surface area contributed by atoms with Gasteiger partial charge in [0.25, 0.3) is 0 Å². The molecule has 9 heteroatoms. The Morgan fingerprint density at radius 1 is 1.29 bits per heavy atom. The number of likely N-dealkylation sites (tertiary alicyclic amines) is 1. The minimum atomic E-state index is -0.506. The summed E-state index contributed by atoms with van der Waals surface area (Å²) >= 11 is 5.80. The molecule has 1 aliphatic carbocycles. The van der Waals surface area contributed by atoms with Crippen LogP contribution in [0.15, 0.2) is 22.7 Å². The van der Waals surface area contributed by atoms with Crippen molar-refractivity contribution >= 4 is 23.3 Å². The maximum absolute atomic E-state index is 13.3. The van der Waals surface area contributed by atoms with Crippen molar-refractivity contribution in [3.05, 3.63) is 40.8 Å². The first-order chi connectivity index (χ1) is 15.0. The fourth-order valence-corrected chi connectivity index (χ4v) is 4.83. The number of hydrogen-bond donors (Lipinski definition) is 1. The molecule has 2 amide bonds. The van der Waals surface area contributed by atoms with Crippen molar-refractivity contribution in [1.82, 2.24) is 15.0 Å². The second-order valence-electron chi connectivity index (χ2n) is 8.96. The SMILES string of the molecule is O=C(Nc1ccc(F)c(Cl)c1)N1CCC2(CC1)CC(Cc1noc(C3CC3)n1)CCO2. The van der Waals surface area contributed by atoms with E-state index in [0.29, 0.717) is 30.6 Å². The molecule has 1 spiro atoms. The molecule has 3 fully saturated rings. The van der Waals surface area contributed by atoms with E-state index in [0.717, 1.165) is 63.3 Å². The molecular weight excluding hydrogens is 423 g/mol. The van der Waals surface area contributed by atoms with Crippen LogP contribution in [0, 0.1) is 11.7 Å². The van der Waals surface area contributed by atoms with E-state index < -0.39 is 5.82 Å². The number of carbonyl (C=O) groups excluding carboxylic acids is 1. The van der Waals surface area contributed by atoms with Crippen LogP contribution in [0.25, 0.3) is 0 Å². The van der Waals surface area contributed by atoms with Crippen LogP contribution in [-0.4, -0.2) is 46.4 Å². The van der Waals surface area contributed by atoms with Crippen LogP contribution >= 0.6 is 11.6 Å². The molecule has 7 nitrogen and oxygen atoms in total. The van der Waals surface area contributed by atoms with E-state index in [4.69, 9.17) is 20.9 Å². The number of hydrogen-bond acceptors (Lipinski definition) is 5. The highest BCUT2D eigenvalue weighted by Gasteiger charge is 2.41. The fraction of sp³-hybridized carbons (Fsp3) is 0.591. The molecule has 5 rings (SSSR count). The zero-order valence-corrected chi connectivity index (χ0v) is 18.0. The highest BCUT2D eigenvalue weighted by atomic mass is 35.5. The van der Waals surface area contributed by atoms with Crippen molar-refractivity contribution in [3.8, 4) is 0 Å². The van der Waals surface area contributed by atoms with Crippen molar-refractivity contribution < 1.29 is 18.4 Å². The lowest BCUT2D eigenvalue weighted by Gasteiger charge is -2.46. The van der Waals surface area contributed by atoms with E-state index >= 15 is 0 Å². The van der Waals surface area contributed by atoms with Gasteiger partial charge in [-0.25, -0.2) is 9.18 Å². The Morgan fingerprint density at radius 2 is 2.10 bits per heavy atom. The van der Waals surface area contributed by atoms with Gasteiger partial charge in [0.05, 0.1) is 10.6 Å². The molecule has 1 aromatic carbocycles. The van der Waals surface area contributed by atoms with Gasteiger partial charge in [0.2, 0.25) is 5.89 Å². The summed E-state index contributed by atoms with van der Waals surface area (Å²) in [5.41, 5.74) is 0.290. The highest BCUT2D eigenvalue weighted by Crippen LogP contribution is 2.40. The second kappa shape index (κ2) is 8.39. The third kappa shape index (κ3) is 4.70. The molecular formula is C22H26ClFN4O3. The van der Waals surface area contributed by atoms with E-state index in [2.05, 4.69) is 15.5 Å². The van der Waals surface area contributed by atoms with Gasteiger partial charge in [-0.3, -0.25) is 0 Å². The number of amides is 2. The van der Waals surface area contributed by atoms with Crippen molar-refractivity contribution in [1.29, 1.82) is 0 Å². The second-order valence-corrected chi connectivity index (χ2v) is 9.37. The number of nitrogens with one attached hydrogen (secondary N) is 1. The number of aromatic nitrogens is 2. The quantitative estimate of drug-likeness (QED) is 0.728. The normalized spacial score (nSPS) is 23.2. The van der Waals surface area contributed by atoms with Gasteiger partial charge in [-0.15, -0.1) is 0 Å². The summed E-state index contributed by atoms with van der Waals surface area (Å²) in [4.78, 5) is 19.0. The van der Waals surface area contributed by atoms with E-state index in [-0.39, 0.29) is 16.7 Å². The Kier molecular flexibility index (Phi) is 5.60. The molecule has 1 aromatic heterocycles. The Balaban J connectivity index is 1.14. The van der Waals surface area contributed by atoms with Gasteiger partial charge >= 0.3 is 6.03 Å². The Bertz CT molecular complexity index is 956. The number of anilines is 1. The van der Waals surface area contributed by atoms with Crippen LogP contribution < -0.4 is 5.32 Å². The van der Waals surface area contributed by atoms with Gasteiger partial charge in [0.15, 0.2) is 5.82 Å².